The third-order valence-electron chi connectivity index (χ3n) is 4.54. The Morgan fingerprint density at radius 1 is 1.24 bits per heavy atom. The summed E-state index contributed by atoms with van der Waals surface area (Å²) in [6.45, 7) is 3.99. The van der Waals surface area contributed by atoms with Crippen molar-refractivity contribution in [1.82, 2.24) is 0 Å². The van der Waals surface area contributed by atoms with Gasteiger partial charge in [-0.2, -0.15) is 0 Å². The maximum absolute atomic E-state index is 11.3. The standard InChI is InChI=1S/C14H24O3/c1-10-2-3-13(14(15)16)12(8-10)9-11-4-6-17-7-5-11/h10-13H,2-9H2,1H3,(H,15,16). The molecule has 2 fully saturated rings. The van der Waals surface area contributed by atoms with Crippen LogP contribution in [0.5, 0.6) is 0 Å². The minimum absolute atomic E-state index is 0.0888. The molecular weight excluding hydrogens is 216 g/mol. The lowest BCUT2D eigenvalue weighted by Crippen LogP contribution is -2.32. The number of carboxylic acids is 1. The SMILES string of the molecule is CC1CCC(C(=O)O)C(CC2CCOCC2)C1. The molecule has 0 aromatic rings. The molecule has 1 N–H and O–H groups in total. The molecule has 2 aliphatic rings. The molecule has 1 saturated heterocycles. The van der Waals surface area contributed by atoms with Gasteiger partial charge in [0.25, 0.3) is 0 Å². The van der Waals surface area contributed by atoms with Crippen molar-refractivity contribution < 1.29 is 14.6 Å². The van der Waals surface area contributed by atoms with Gasteiger partial charge in [0.2, 0.25) is 0 Å². The average Bonchev–Trinajstić information content (AvgIpc) is 2.30. The Hall–Kier alpha value is -0.570. The van der Waals surface area contributed by atoms with Crippen LogP contribution in [0.1, 0.15) is 45.4 Å². The number of carboxylic acid groups (broad SMARTS) is 1. The Labute approximate surface area is 104 Å². The van der Waals surface area contributed by atoms with Gasteiger partial charge in [0.15, 0.2) is 0 Å². The number of hydrogen-bond acceptors (Lipinski definition) is 2. The third kappa shape index (κ3) is 3.44. The topological polar surface area (TPSA) is 46.5 Å². The van der Waals surface area contributed by atoms with Crippen LogP contribution in [-0.4, -0.2) is 24.3 Å². The quantitative estimate of drug-likeness (QED) is 0.825. The van der Waals surface area contributed by atoms with Crippen molar-refractivity contribution in [2.24, 2.45) is 23.7 Å². The summed E-state index contributed by atoms with van der Waals surface area (Å²) in [6.07, 6.45) is 6.42. The lowest BCUT2D eigenvalue weighted by Gasteiger charge is -2.35. The molecule has 1 aliphatic heterocycles. The molecule has 1 saturated carbocycles. The van der Waals surface area contributed by atoms with Crippen LogP contribution in [0.15, 0.2) is 0 Å². The zero-order valence-corrected chi connectivity index (χ0v) is 10.7. The number of ether oxygens (including phenoxy) is 1. The van der Waals surface area contributed by atoms with Gasteiger partial charge in [0.1, 0.15) is 0 Å². The van der Waals surface area contributed by atoms with E-state index in [1.165, 1.54) is 0 Å². The van der Waals surface area contributed by atoms with Gasteiger partial charge in [-0.15, -0.1) is 0 Å². The fourth-order valence-corrected chi connectivity index (χ4v) is 3.49. The van der Waals surface area contributed by atoms with Gasteiger partial charge >= 0.3 is 5.97 Å². The first-order valence-electron chi connectivity index (χ1n) is 6.97. The van der Waals surface area contributed by atoms with Gasteiger partial charge in [-0.05, 0) is 56.3 Å². The van der Waals surface area contributed by atoms with Crippen LogP contribution in [0.4, 0.5) is 0 Å². The highest BCUT2D eigenvalue weighted by Gasteiger charge is 2.35. The van der Waals surface area contributed by atoms with Crippen LogP contribution in [0, 0.1) is 23.7 Å². The van der Waals surface area contributed by atoms with E-state index in [1.54, 1.807) is 0 Å². The van der Waals surface area contributed by atoms with Crippen LogP contribution in [0.2, 0.25) is 0 Å². The number of rotatable bonds is 3. The molecule has 0 amide bonds. The van der Waals surface area contributed by atoms with E-state index in [2.05, 4.69) is 6.92 Å². The van der Waals surface area contributed by atoms with E-state index in [1.807, 2.05) is 0 Å². The second kappa shape index (κ2) is 5.85. The first kappa shape index (κ1) is 12.9. The first-order chi connectivity index (χ1) is 8.16. The van der Waals surface area contributed by atoms with Crippen molar-refractivity contribution in [2.75, 3.05) is 13.2 Å². The van der Waals surface area contributed by atoms with Crippen LogP contribution in [0.3, 0.4) is 0 Å². The summed E-state index contributed by atoms with van der Waals surface area (Å²) < 4.78 is 5.37. The monoisotopic (exact) mass is 240 g/mol. The van der Waals surface area contributed by atoms with Gasteiger partial charge in [-0.1, -0.05) is 6.92 Å². The third-order valence-corrected chi connectivity index (χ3v) is 4.54. The van der Waals surface area contributed by atoms with Crippen molar-refractivity contribution in [1.29, 1.82) is 0 Å². The van der Waals surface area contributed by atoms with E-state index in [0.717, 1.165) is 51.7 Å². The second-order valence-electron chi connectivity index (χ2n) is 5.91. The summed E-state index contributed by atoms with van der Waals surface area (Å²) in [5, 5.41) is 9.30. The van der Waals surface area contributed by atoms with E-state index < -0.39 is 5.97 Å². The molecule has 3 atom stereocenters. The van der Waals surface area contributed by atoms with E-state index >= 15 is 0 Å². The molecule has 3 unspecified atom stereocenters. The molecule has 2 rings (SSSR count). The molecule has 0 aromatic heterocycles. The maximum atomic E-state index is 11.3. The highest BCUT2D eigenvalue weighted by molar-refractivity contribution is 5.70. The molecule has 1 heterocycles. The van der Waals surface area contributed by atoms with E-state index in [9.17, 15) is 9.90 Å². The molecule has 17 heavy (non-hydrogen) atoms. The van der Waals surface area contributed by atoms with Gasteiger partial charge < -0.3 is 9.84 Å². The van der Waals surface area contributed by atoms with Crippen molar-refractivity contribution in [3.8, 4) is 0 Å². The largest absolute Gasteiger partial charge is 0.481 e. The summed E-state index contributed by atoms with van der Waals surface area (Å²) in [4.78, 5) is 11.3. The number of carbonyl (C=O) groups is 1. The normalized spacial score (nSPS) is 35.7. The zero-order valence-electron chi connectivity index (χ0n) is 10.7. The predicted octanol–water partition coefficient (Wildman–Crippen LogP) is 2.94. The Morgan fingerprint density at radius 2 is 1.94 bits per heavy atom. The summed E-state index contributed by atoms with van der Waals surface area (Å²) >= 11 is 0. The molecule has 1 aliphatic carbocycles. The molecule has 0 aromatic carbocycles. The molecule has 3 nitrogen and oxygen atoms in total. The smallest absolute Gasteiger partial charge is 0.306 e. The van der Waals surface area contributed by atoms with Crippen molar-refractivity contribution in [2.45, 2.75) is 45.4 Å². The Bertz CT molecular complexity index is 258. The lowest BCUT2D eigenvalue weighted by atomic mass is 9.70. The Balaban J connectivity index is 1.92. The van der Waals surface area contributed by atoms with Crippen LogP contribution < -0.4 is 0 Å². The summed E-state index contributed by atoms with van der Waals surface area (Å²) in [5.41, 5.74) is 0. The molecule has 3 heteroatoms. The van der Waals surface area contributed by atoms with Gasteiger partial charge in [-0.25, -0.2) is 0 Å². The van der Waals surface area contributed by atoms with E-state index in [-0.39, 0.29) is 5.92 Å². The lowest BCUT2D eigenvalue weighted by molar-refractivity contribution is -0.145. The predicted molar refractivity (Wildman–Crippen MR) is 65.8 cm³/mol. The fourth-order valence-electron chi connectivity index (χ4n) is 3.49. The highest BCUT2D eigenvalue weighted by Crippen LogP contribution is 2.39. The van der Waals surface area contributed by atoms with Gasteiger partial charge in [-0.3, -0.25) is 4.79 Å². The molecule has 0 bridgehead atoms. The minimum Gasteiger partial charge on any atom is -0.481 e. The molecular formula is C14H24O3. The Kier molecular flexibility index (Phi) is 4.43. The van der Waals surface area contributed by atoms with Crippen LogP contribution in [0.25, 0.3) is 0 Å². The Morgan fingerprint density at radius 3 is 2.59 bits per heavy atom. The van der Waals surface area contributed by atoms with Gasteiger partial charge in [0, 0.05) is 13.2 Å². The van der Waals surface area contributed by atoms with Crippen molar-refractivity contribution in [3.05, 3.63) is 0 Å². The van der Waals surface area contributed by atoms with E-state index in [0.29, 0.717) is 17.8 Å². The zero-order chi connectivity index (χ0) is 12.3. The summed E-state index contributed by atoms with van der Waals surface area (Å²) in [7, 11) is 0. The van der Waals surface area contributed by atoms with E-state index in [4.69, 9.17) is 4.74 Å². The average molecular weight is 240 g/mol. The van der Waals surface area contributed by atoms with Gasteiger partial charge in [0.05, 0.1) is 5.92 Å². The van der Waals surface area contributed by atoms with Crippen molar-refractivity contribution in [3.63, 3.8) is 0 Å². The molecule has 98 valence electrons. The molecule has 0 radical (unpaired) electrons. The summed E-state index contributed by atoms with van der Waals surface area (Å²) in [5.74, 6) is 1.14. The minimum atomic E-state index is -0.575. The summed E-state index contributed by atoms with van der Waals surface area (Å²) in [6, 6.07) is 0. The fraction of sp³-hybridized carbons (Fsp3) is 0.929. The number of aliphatic carboxylic acids is 1. The highest BCUT2D eigenvalue weighted by atomic mass is 16.5. The van der Waals surface area contributed by atoms with Crippen molar-refractivity contribution >= 4 is 5.97 Å². The number of hydrogen-bond donors (Lipinski definition) is 1. The van der Waals surface area contributed by atoms with Crippen LogP contribution in [-0.2, 0) is 9.53 Å². The first-order valence-corrected chi connectivity index (χ1v) is 6.97. The molecule has 0 spiro atoms. The maximum Gasteiger partial charge on any atom is 0.306 e. The second-order valence-corrected chi connectivity index (χ2v) is 5.91. The van der Waals surface area contributed by atoms with Crippen LogP contribution >= 0.6 is 0 Å².